The summed E-state index contributed by atoms with van der Waals surface area (Å²) in [5.41, 5.74) is 7.99. The number of hydrogen-bond donors (Lipinski definition) is 2. The molecule has 7 nitrogen and oxygen atoms in total. The third-order valence-electron chi connectivity index (χ3n) is 4.14. The highest BCUT2D eigenvalue weighted by Gasteiger charge is 2.20. The number of hydrogen-bond acceptors (Lipinski definition) is 7. The van der Waals surface area contributed by atoms with Gasteiger partial charge in [-0.3, -0.25) is 5.41 Å². The lowest BCUT2D eigenvalue weighted by Crippen LogP contribution is -2.41. The molecule has 1 aliphatic heterocycles. The van der Waals surface area contributed by atoms with Gasteiger partial charge in [-0.2, -0.15) is 0 Å². The van der Waals surface area contributed by atoms with E-state index in [0.717, 1.165) is 18.9 Å². The summed E-state index contributed by atoms with van der Waals surface area (Å²) in [7, 11) is 0. The van der Waals surface area contributed by atoms with Gasteiger partial charge >= 0.3 is 0 Å². The Labute approximate surface area is 153 Å². The molecule has 1 fully saturated rings. The van der Waals surface area contributed by atoms with Crippen LogP contribution in [0.25, 0.3) is 0 Å². The summed E-state index contributed by atoms with van der Waals surface area (Å²) < 4.78 is 11.3. The van der Waals surface area contributed by atoms with Crippen LogP contribution in [0.4, 0.5) is 11.5 Å². The van der Waals surface area contributed by atoms with E-state index >= 15 is 0 Å². The number of morpholine rings is 1. The van der Waals surface area contributed by atoms with Gasteiger partial charge < -0.3 is 20.1 Å². The van der Waals surface area contributed by atoms with E-state index in [2.05, 4.69) is 14.9 Å². The highest BCUT2D eigenvalue weighted by atomic mass is 16.5. The van der Waals surface area contributed by atoms with Crippen molar-refractivity contribution < 1.29 is 9.47 Å². The molecule has 0 aliphatic carbocycles. The fourth-order valence-corrected chi connectivity index (χ4v) is 2.92. The summed E-state index contributed by atoms with van der Waals surface area (Å²) >= 11 is 0. The molecule has 138 valence electrons. The maximum Gasteiger partial charge on any atom is 0.132 e. The van der Waals surface area contributed by atoms with Crippen LogP contribution in [0.3, 0.4) is 0 Å². The summed E-state index contributed by atoms with van der Waals surface area (Å²) in [6.07, 6.45) is 1.70. The Bertz CT molecular complexity index is 793. The van der Waals surface area contributed by atoms with E-state index in [-0.39, 0.29) is 17.9 Å². The zero-order chi connectivity index (χ0) is 18.7. The number of rotatable bonds is 5. The van der Waals surface area contributed by atoms with E-state index in [9.17, 15) is 0 Å². The molecule has 0 bridgehead atoms. The van der Waals surface area contributed by atoms with Crippen LogP contribution in [0, 0.1) is 5.41 Å². The molecular weight excluding hydrogens is 330 g/mol. The summed E-state index contributed by atoms with van der Waals surface area (Å²) in [4.78, 5) is 10.8. The molecule has 3 rings (SSSR count). The van der Waals surface area contributed by atoms with Crippen LogP contribution in [-0.2, 0) is 4.74 Å². The van der Waals surface area contributed by atoms with E-state index in [1.165, 1.54) is 6.33 Å². The number of nitrogen functional groups attached to an aromatic ring is 1. The molecule has 1 aromatic heterocycles. The van der Waals surface area contributed by atoms with Crippen molar-refractivity contribution in [2.75, 3.05) is 30.3 Å². The standard InChI is InChI=1S/C19H25N5O2/c1-12(2)26-14-4-5-16(20)15(8-14)19(21)17-9-18(23-11-22-17)24-6-7-25-13(3)10-24/h4-5,8-9,11-13,21H,6-7,10,20H2,1-3H3. The van der Waals surface area contributed by atoms with Crippen molar-refractivity contribution in [2.24, 2.45) is 0 Å². The van der Waals surface area contributed by atoms with Gasteiger partial charge in [-0.25, -0.2) is 9.97 Å². The monoisotopic (exact) mass is 355 g/mol. The number of benzene rings is 1. The fourth-order valence-electron chi connectivity index (χ4n) is 2.92. The smallest absolute Gasteiger partial charge is 0.132 e. The Kier molecular flexibility index (Phi) is 5.37. The molecule has 1 atom stereocenters. The maximum atomic E-state index is 8.57. The van der Waals surface area contributed by atoms with Crippen LogP contribution in [0.1, 0.15) is 32.0 Å². The van der Waals surface area contributed by atoms with Gasteiger partial charge in [0.05, 0.1) is 30.2 Å². The summed E-state index contributed by atoms with van der Waals surface area (Å²) in [5.74, 6) is 1.48. The fraction of sp³-hybridized carbons (Fsp3) is 0.421. The molecule has 0 spiro atoms. The summed E-state index contributed by atoms with van der Waals surface area (Å²) in [5, 5.41) is 8.57. The van der Waals surface area contributed by atoms with Crippen molar-refractivity contribution in [1.82, 2.24) is 9.97 Å². The minimum Gasteiger partial charge on any atom is -0.491 e. The normalized spacial score (nSPS) is 17.4. The largest absolute Gasteiger partial charge is 0.491 e. The molecule has 1 aromatic carbocycles. The van der Waals surface area contributed by atoms with Gasteiger partial charge in [-0.1, -0.05) is 0 Å². The average molecular weight is 355 g/mol. The number of ether oxygens (including phenoxy) is 2. The number of anilines is 2. The highest BCUT2D eigenvalue weighted by Crippen LogP contribution is 2.24. The molecule has 3 N–H and O–H groups in total. The lowest BCUT2D eigenvalue weighted by molar-refractivity contribution is 0.0529. The van der Waals surface area contributed by atoms with Gasteiger partial charge in [0.25, 0.3) is 0 Å². The summed E-state index contributed by atoms with van der Waals surface area (Å²) in [6, 6.07) is 7.19. The SMILES string of the molecule is CC(C)Oc1ccc(N)c(C(=N)c2cc(N3CCOC(C)C3)ncn2)c1. The van der Waals surface area contributed by atoms with E-state index in [1.807, 2.05) is 32.9 Å². The molecule has 1 unspecified atom stereocenters. The minimum atomic E-state index is 0.0506. The molecule has 26 heavy (non-hydrogen) atoms. The molecule has 0 saturated carbocycles. The Morgan fingerprint density at radius 1 is 1.35 bits per heavy atom. The molecule has 0 radical (unpaired) electrons. The number of nitrogens with two attached hydrogens (primary N) is 1. The first kappa shape index (κ1) is 18.1. The zero-order valence-corrected chi connectivity index (χ0v) is 15.4. The maximum absolute atomic E-state index is 8.57. The van der Waals surface area contributed by atoms with Crippen molar-refractivity contribution in [3.8, 4) is 5.75 Å². The second-order valence-corrected chi connectivity index (χ2v) is 6.68. The quantitative estimate of drug-likeness (QED) is 0.632. The molecule has 1 aliphatic rings. The van der Waals surface area contributed by atoms with Gasteiger partial charge in [0, 0.05) is 30.4 Å². The minimum absolute atomic E-state index is 0.0506. The topological polar surface area (TPSA) is 97.4 Å². The van der Waals surface area contributed by atoms with Crippen LogP contribution >= 0.6 is 0 Å². The Hall–Kier alpha value is -2.67. The Morgan fingerprint density at radius 2 is 2.15 bits per heavy atom. The number of aromatic nitrogens is 2. The first-order valence-electron chi connectivity index (χ1n) is 8.78. The van der Waals surface area contributed by atoms with Gasteiger partial charge in [-0.05, 0) is 39.0 Å². The third-order valence-corrected chi connectivity index (χ3v) is 4.14. The van der Waals surface area contributed by atoms with Crippen molar-refractivity contribution in [1.29, 1.82) is 5.41 Å². The molecule has 7 heteroatoms. The molecule has 1 saturated heterocycles. The van der Waals surface area contributed by atoms with Gasteiger partial charge in [-0.15, -0.1) is 0 Å². The van der Waals surface area contributed by atoms with Crippen molar-refractivity contribution >= 4 is 17.2 Å². The first-order valence-corrected chi connectivity index (χ1v) is 8.78. The van der Waals surface area contributed by atoms with E-state index in [4.69, 9.17) is 20.6 Å². The first-order chi connectivity index (χ1) is 12.4. The number of nitrogens with one attached hydrogen (secondary N) is 1. The van der Waals surface area contributed by atoms with Gasteiger partial charge in [0.15, 0.2) is 0 Å². The van der Waals surface area contributed by atoms with E-state index < -0.39 is 0 Å². The second kappa shape index (κ2) is 7.70. The third kappa shape index (κ3) is 4.11. The lowest BCUT2D eigenvalue weighted by atomic mass is 10.0. The summed E-state index contributed by atoms with van der Waals surface area (Å²) in [6.45, 7) is 8.16. The average Bonchev–Trinajstić information content (AvgIpc) is 2.62. The molecule has 0 amide bonds. The van der Waals surface area contributed by atoms with Crippen LogP contribution in [0.5, 0.6) is 5.75 Å². The van der Waals surface area contributed by atoms with Crippen LogP contribution < -0.4 is 15.4 Å². The molecular formula is C19H25N5O2. The van der Waals surface area contributed by atoms with Crippen LogP contribution in [0.2, 0.25) is 0 Å². The predicted octanol–water partition coefficient (Wildman–Crippen LogP) is 2.49. The number of nitrogens with zero attached hydrogens (tertiary/aromatic N) is 3. The zero-order valence-electron chi connectivity index (χ0n) is 15.4. The van der Waals surface area contributed by atoms with Crippen LogP contribution in [-0.4, -0.2) is 47.6 Å². The lowest BCUT2D eigenvalue weighted by Gasteiger charge is -2.32. The van der Waals surface area contributed by atoms with Gasteiger partial charge in [0.2, 0.25) is 0 Å². The second-order valence-electron chi connectivity index (χ2n) is 6.68. The highest BCUT2D eigenvalue weighted by molar-refractivity contribution is 6.13. The van der Waals surface area contributed by atoms with Crippen molar-refractivity contribution in [2.45, 2.75) is 33.0 Å². The van der Waals surface area contributed by atoms with E-state index in [0.29, 0.717) is 29.3 Å². The predicted molar refractivity (Wildman–Crippen MR) is 102 cm³/mol. The van der Waals surface area contributed by atoms with Crippen molar-refractivity contribution in [3.63, 3.8) is 0 Å². The van der Waals surface area contributed by atoms with Crippen LogP contribution in [0.15, 0.2) is 30.6 Å². The Morgan fingerprint density at radius 3 is 2.88 bits per heavy atom. The van der Waals surface area contributed by atoms with E-state index in [1.54, 1.807) is 12.1 Å². The molecule has 2 aromatic rings. The Balaban J connectivity index is 1.87. The van der Waals surface area contributed by atoms with Crippen molar-refractivity contribution in [3.05, 3.63) is 41.9 Å². The molecule has 2 heterocycles. The van der Waals surface area contributed by atoms with Gasteiger partial charge in [0.1, 0.15) is 17.9 Å².